The molecule has 0 radical (unpaired) electrons. The molecule has 100 valence electrons. The van der Waals surface area contributed by atoms with Crippen molar-refractivity contribution in [1.82, 2.24) is 10.5 Å². The average Bonchev–Trinajstić information content (AvgIpc) is 2.77. The molecule has 0 bridgehead atoms. The molecule has 6 heteroatoms. The Hall–Kier alpha value is -1.85. The van der Waals surface area contributed by atoms with E-state index in [0.29, 0.717) is 25.1 Å². The number of carboxylic acids is 1. The van der Waals surface area contributed by atoms with Crippen molar-refractivity contribution in [3.8, 4) is 0 Å². The van der Waals surface area contributed by atoms with Crippen LogP contribution in [-0.2, 0) is 4.79 Å². The van der Waals surface area contributed by atoms with E-state index in [2.05, 4.69) is 10.5 Å². The molecule has 0 saturated carbocycles. The normalized spacial score (nSPS) is 10.6. The van der Waals surface area contributed by atoms with Gasteiger partial charge in [-0.1, -0.05) is 19.0 Å². The number of unbranched alkanes of at least 4 members (excludes halogenated alkanes) is 1. The van der Waals surface area contributed by atoms with E-state index in [4.69, 9.17) is 9.63 Å². The van der Waals surface area contributed by atoms with E-state index in [9.17, 15) is 9.59 Å². The lowest BCUT2D eigenvalue weighted by atomic mass is 10.1. The van der Waals surface area contributed by atoms with E-state index in [1.54, 1.807) is 6.07 Å². The number of rotatable bonds is 7. The lowest BCUT2D eigenvalue weighted by Crippen LogP contribution is -2.24. The molecule has 6 nitrogen and oxygen atoms in total. The average molecular weight is 254 g/mol. The van der Waals surface area contributed by atoms with Crippen molar-refractivity contribution in [3.63, 3.8) is 0 Å². The predicted octanol–water partition coefficient (Wildman–Crippen LogP) is 1.78. The molecule has 0 spiro atoms. The fourth-order valence-corrected chi connectivity index (χ4v) is 1.36. The fraction of sp³-hybridized carbons (Fsp3) is 0.583. The standard InChI is InChI=1S/C12H18N2O4/c1-8(2)10-7-9(14-18-10)12(17)13-6-4-3-5-11(15)16/h7-8H,3-6H2,1-2H3,(H,13,17)(H,15,16). The summed E-state index contributed by atoms with van der Waals surface area (Å²) in [5, 5.41) is 14.8. The van der Waals surface area contributed by atoms with Crippen LogP contribution in [0.3, 0.4) is 0 Å². The van der Waals surface area contributed by atoms with Crippen LogP contribution in [0.2, 0.25) is 0 Å². The highest BCUT2D eigenvalue weighted by Crippen LogP contribution is 2.14. The summed E-state index contributed by atoms with van der Waals surface area (Å²) >= 11 is 0. The van der Waals surface area contributed by atoms with E-state index >= 15 is 0 Å². The van der Waals surface area contributed by atoms with E-state index in [0.717, 1.165) is 0 Å². The molecule has 1 heterocycles. The number of carbonyl (C=O) groups is 2. The zero-order chi connectivity index (χ0) is 13.5. The van der Waals surface area contributed by atoms with E-state index in [1.165, 1.54) is 0 Å². The van der Waals surface area contributed by atoms with Gasteiger partial charge < -0.3 is 14.9 Å². The summed E-state index contributed by atoms with van der Waals surface area (Å²) in [6.07, 6.45) is 1.30. The van der Waals surface area contributed by atoms with Gasteiger partial charge >= 0.3 is 5.97 Å². The van der Waals surface area contributed by atoms with Crippen LogP contribution in [-0.4, -0.2) is 28.7 Å². The Morgan fingerprint density at radius 2 is 2.17 bits per heavy atom. The van der Waals surface area contributed by atoms with Gasteiger partial charge in [0.15, 0.2) is 5.69 Å². The number of nitrogens with zero attached hydrogens (tertiary/aromatic N) is 1. The van der Waals surface area contributed by atoms with Crippen molar-refractivity contribution in [2.45, 2.75) is 39.0 Å². The van der Waals surface area contributed by atoms with Crippen molar-refractivity contribution in [1.29, 1.82) is 0 Å². The monoisotopic (exact) mass is 254 g/mol. The third-order valence-corrected chi connectivity index (χ3v) is 2.43. The number of aliphatic carboxylic acids is 1. The molecule has 0 aromatic carbocycles. The quantitative estimate of drug-likeness (QED) is 0.723. The minimum Gasteiger partial charge on any atom is -0.481 e. The highest BCUT2D eigenvalue weighted by Gasteiger charge is 2.13. The largest absolute Gasteiger partial charge is 0.481 e. The Balaban J connectivity index is 2.29. The molecule has 1 amide bonds. The van der Waals surface area contributed by atoms with Crippen molar-refractivity contribution in [3.05, 3.63) is 17.5 Å². The number of amides is 1. The Bertz CT molecular complexity index is 412. The van der Waals surface area contributed by atoms with Crippen LogP contribution in [0, 0.1) is 0 Å². The molecule has 1 aromatic heterocycles. The second-order valence-corrected chi connectivity index (χ2v) is 4.38. The molecule has 0 fully saturated rings. The molecule has 0 unspecified atom stereocenters. The van der Waals surface area contributed by atoms with Crippen LogP contribution in [0.5, 0.6) is 0 Å². The third kappa shape index (κ3) is 4.57. The van der Waals surface area contributed by atoms with Gasteiger partial charge in [0.25, 0.3) is 5.91 Å². The first-order chi connectivity index (χ1) is 8.50. The minimum absolute atomic E-state index is 0.122. The van der Waals surface area contributed by atoms with Crippen LogP contribution < -0.4 is 5.32 Å². The van der Waals surface area contributed by atoms with E-state index in [-0.39, 0.29) is 23.9 Å². The van der Waals surface area contributed by atoms with Crippen molar-refractivity contribution >= 4 is 11.9 Å². The molecular formula is C12H18N2O4. The summed E-state index contributed by atoms with van der Waals surface area (Å²) in [4.78, 5) is 21.9. The second-order valence-electron chi connectivity index (χ2n) is 4.38. The summed E-state index contributed by atoms with van der Waals surface area (Å²) in [5.74, 6) is -0.249. The van der Waals surface area contributed by atoms with Gasteiger partial charge in [-0.15, -0.1) is 0 Å². The first-order valence-electron chi connectivity index (χ1n) is 5.97. The summed E-state index contributed by atoms with van der Waals surface area (Å²) in [6, 6.07) is 1.62. The number of carboxylic acid groups (broad SMARTS) is 1. The maximum atomic E-state index is 11.6. The van der Waals surface area contributed by atoms with Crippen LogP contribution >= 0.6 is 0 Å². The minimum atomic E-state index is -0.820. The summed E-state index contributed by atoms with van der Waals surface area (Å²) in [7, 11) is 0. The Morgan fingerprint density at radius 1 is 1.44 bits per heavy atom. The van der Waals surface area contributed by atoms with Gasteiger partial charge in [-0.25, -0.2) is 0 Å². The zero-order valence-electron chi connectivity index (χ0n) is 10.6. The van der Waals surface area contributed by atoms with Crippen LogP contribution in [0.25, 0.3) is 0 Å². The lowest BCUT2D eigenvalue weighted by molar-refractivity contribution is -0.137. The Labute approximate surface area is 105 Å². The first-order valence-corrected chi connectivity index (χ1v) is 5.97. The number of carbonyl (C=O) groups excluding carboxylic acids is 1. The highest BCUT2D eigenvalue weighted by molar-refractivity contribution is 5.92. The molecule has 1 aromatic rings. The number of hydrogen-bond acceptors (Lipinski definition) is 4. The topological polar surface area (TPSA) is 92.4 Å². The lowest BCUT2D eigenvalue weighted by Gasteiger charge is -2.01. The molecule has 2 N–H and O–H groups in total. The molecule has 0 saturated heterocycles. The maximum Gasteiger partial charge on any atom is 0.303 e. The maximum absolute atomic E-state index is 11.6. The van der Waals surface area contributed by atoms with Crippen molar-refractivity contribution < 1.29 is 19.2 Å². The fourth-order valence-electron chi connectivity index (χ4n) is 1.36. The number of nitrogens with one attached hydrogen (secondary N) is 1. The third-order valence-electron chi connectivity index (χ3n) is 2.43. The van der Waals surface area contributed by atoms with Gasteiger partial charge in [-0.2, -0.15) is 0 Å². The van der Waals surface area contributed by atoms with Crippen molar-refractivity contribution in [2.75, 3.05) is 6.54 Å². The molecule has 0 aliphatic heterocycles. The Morgan fingerprint density at radius 3 is 2.72 bits per heavy atom. The van der Waals surface area contributed by atoms with E-state index in [1.807, 2.05) is 13.8 Å². The number of hydrogen-bond donors (Lipinski definition) is 2. The summed E-state index contributed by atoms with van der Waals surface area (Å²) in [5.41, 5.74) is 0.261. The highest BCUT2D eigenvalue weighted by atomic mass is 16.5. The van der Waals surface area contributed by atoms with Crippen LogP contribution in [0.1, 0.15) is 55.3 Å². The predicted molar refractivity (Wildman–Crippen MR) is 64.4 cm³/mol. The van der Waals surface area contributed by atoms with Gasteiger partial charge in [0, 0.05) is 24.9 Å². The molecule has 0 atom stereocenters. The number of aromatic nitrogens is 1. The SMILES string of the molecule is CC(C)c1cc(C(=O)NCCCCC(=O)O)no1. The molecule has 1 rings (SSSR count). The van der Waals surface area contributed by atoms with Gasteiger partial charge in [0.05, 0.1) is 0 Å². The van der Waals surface area contributed by atoms with Gasteiger partial charge in [0.1, 0.15) is 5.76 Å². The summed E-state index contributed by atoms with van der Waals surface area (Å²) < 4.78 is 5.02. The second kappa shape index (κ2) is 6.78. The Kier molecular flexibility index (Phi) is 5.35. The smallest absolute Gasteiger partial charge is 0.303 e. The molecular weight excluding hydrogens is 236 g/mol. The van der Waals surface area contributed by atoms with Crippen LogP contribution in [0.4, 0.5) is 0 Å². The molecule has 18 heavy (non-hydrogen) atoms. The zero-order valence-corrected chi connectivity index (χ0v) is 10.6. The van der Waals surface area contributed by atoms with Crippen molar-refractivity contribution in [2.24, 2.45) is 0 Å². The van der Waals surface area contributed by atoms with Crippen LogP contribution in [0.15, 0.2) is 10.6 Å². The van der Waals surface area contributed by atoms with Gasteiger partial charge in [0.2, 0.25) is 0 Å². The first kappa shape index (κ1) is 14.2. The van der Waals surface area contributed by atoms with Gasteiger partial charge in [-0.05, 0) is 12.8 Å². The van der Waals surface area contributed by atoms with Gasteiger partial charge in [-0.3, -0.25) is 9.59 Å². The molecule has 0 aliphatic carbocycles. The molecule has 0 aliphatic rings. The van der Waals surface area contributed by atoms with E-state index < -0.39 is 5.97 Å². The summed E-state index contributed by atoms with van der Waals surface area (Å²) in [6.45, 7) is 4.35.